The lowest BCUT2D eigenvalue weighted by atomic mass is 9.93. The van der Waals surface area contributed by atoms with Crippen LogP contribution in [0.4, 0.5) is 0 Å². The average Bonchev–Trinajstić information content (AvgIpc) is 2.64. The van der Waals surface area contributed by atoms with Gasteiger partial charge in [-0.05, 0) is 19.8 Å². The molecule has 0 aromatic heterocycles. The minimum atomic E-state index is -1.26. The van der Waals surface area contributed by atoms with Crippen LogP contribution in [-0.2, 0) is 19.1 Å². The Morgan fingerprint density at radius 1 is 1.50 bits per heavy atom. The van der Waals surface area contributed by atoms with Crippen molar-refractivity contribution in [2.24, 2.45) is 0 Å². The van der Waals surface area contributed by atoms with Gasteiger partial charge in [0.25, 0.3) is 0 Å². The maximum atomic E-state index is 12.3. The van der Waals surface area contributed by atoms with Crippen LogP contribution in [-0.4, -0.2) is 48.7 Å². The predicted octanol–water partition coefficient (Wildman–Crippen LogP) is 0.887. The van der Waals surface area contributed by atoms with Gasteiger partial charge in [-0.25, -0.2) is 9.59 Å². The Balaban J connectivity index is 2.37. The first-order valence-electron chi connectivity index (χ1n) is 6.46. The minimum absolute atomic E-state index is 0.269. The monoisotopic (exact) mass is 253 g/mol. The molecule has 1 atom stereocenters. The summed E-state index contributed by atoms with van der Waals surface area (Å²) in [5.74, 6) is -0.951. The molecule has 5 heteroatoms. The summed E-state index contributed by atoms with van der Waals surface area (Å²) in [6.45, 7) is 3.76. The fourth-order valence-corrected chi connectivity index (χ4v) is 2.52. The molecular weight excluding hydrogens is 234 g/mol. The Morgan fingerprint density at radius 2 is 2.33 bits per heavy atom. The number of hydrogen-bond donors (Lipinski definition) is 0. The van der Waals surface area contributed by atoms with Crippen LogP contribution in [0.1, 0.15) is 26.2 Å². The molecular formula is C13H19NO4. The van der Waals surface area contributed by atoms with Gasteiger partial charge in [-0.15, -0.1) is 0 Å². The van der Waals surface area contributed by atoms with Crippen molar-refractivity contribution < 1.29 is 19.1 Å². The fourth-order valence-electron chi connectivity index (χ4n) is 2.52. The van der Waals surface area contributed by atoms with Gasteiger partial charge in [0.2, 0.25) is 5.54 Å². The molecule has 0 saturated carbocycles. The molecule has 0 spiro atoms. The van der Waals surface area contributed by atoms with Crippen molar-refractivity contribution in [1.82, 2.24) is 4.90 Å². The quantitative estimate of drug-likeness (QED) is 0.415. The van der Waals surface area contributed by atoms with Gasteiger partial charge in [0.1, 0.15) is 0 Å². The molecule has 1 saturated heterocycles. The standard InChI is InChI=1S/C13H19NO4/c1-2-17-11(15)13-7-4-3-5-8-14(13)9-6-10-18-12(13)16/h3-4H,2,5-10H2,1H3. The number of rotatable bonds is 2. The first-order valence-corrected chi connectivity index (χ1v) is 6.46. The van der Waals surface area contributed by atoms with Crippen LogP contribution >= 0.6 is 0 Å². The van der Waals surface area contributed by atoms with E-state index in [9.17, 15) is 9.59 Å². The molecule has 2 heterocycles. The third-order valence-corrected chi connectivity index (χ3v) is 3.44. The Morgan fingerprint density at radius 3 is 3.11 bits per heavy atom. The first kappa shape index (κ1) is 13.1. The minimum Gasteiger partial charge on any atom is -0.464 e. The average molecular weight is 253 g/mol. The predicted molar refractivity (Wildman–Crippen MR) is 64.9 cm³/mol. The van der Waals surface area contributed by atoms with Gasteiger partial charge in [0.15, 0.2) is 0 Å². The molecule has 1 fully saturated rings. The van der Waals surface area contributed by atoms with Crippen LogP contribution in [0.15, 0.2) is 12.2 Å². The lowest BCUT2D eigenvalue weighted by Gasteiger charge is -2.35. The Bertz CT molecular complexity index is 366. The van der Waals surface area contributed by atoms with E-state index in [0.717, 1.165) is 12.8 Å². The number of carbonyl (C=O) groups excluding carboxylic acids is 2. The zero-order valence-corrected chi connectivity index (χ0v) is 10.7. The molecule has 2 aliphatic heterocycles. The molecule has 1 unspecified atom stereocenters. The maximum absolute atomic E-state index is 12.3. The van der Waals surface area contributed by atoms with Gasteiger partial charge in [-0.1, -0.05) is 12.2 Å². The largest absolute Gasteiger partial charge is 0.464 e. The van der Waals surface area contributed by atoms with E-state index in [2.05, 4.69) is 0 Å². The topological polar surface area (TPSA) is 55.8 Å². The summed E-state index contributed by atoms with van der Waals surface area (Å²) in [5, 5.41) is 0. The van der Waals surface area contributed by atoms with E-state index in [0.29, 0.717) is 26.1 Å². The normalized spacial score (nSPS) is 28.8. The van der Waals surface area contributed by atoms with E-state index in [1.165, 1.54) is 0 Å². The Labute approximate surface area is 107 Å². The summed E-state index contributed by atoms with van der Waals surface area (Å²) < 4.78 is 10.3. The number of nitrogens with zero attached hydrogens (tertiary/aromatic N) is 1. The van der Waals surface area contributed by atoms with Gasteiger partial charge in [0, 0.05) is 19.5 Å². The van der Waals surface area contributed by atoms with E-state index >= 15 is 0 Å². The number of carbonyl (C=O) groups is 2. The van der Waals surface area contributed by atoms with Gasteiger partial charge in [-0.3, -0.25) is 4.90 Å². The summed E-state index contributed by atoms with van der Waals surface area (Å²) in [6.07, 6.45) is 5.82. The molecule has 2 aliphatic rings. The first-order chi connectivity index (χ1) is 8.71. The molecule has 0 bridgehead atoms. The lowest BCUT2D eigenvalue weighted by Crippen LogP contribution is -2.60. The van der Waals surface area contributed by atoms with E-state index < -0.39 is 17.5 Å². The number of hydrogen-bond acceptors (Lipinski definition) is 5. The highest BCUT2D eigenvalue weighted by molar-refractivity contribution is 6.05. The smallest absolute Gasteiger partial charge is 0.338 e. The maximum Gasteiger partial charge on any atom is 0.338 e. The summed E-state index contributed by atoms with van der Waals surface area (Å²) in [6, 6.07) is 0. The molecule has 0 amide bonds. The molecule has 100 valence electrons. The van der Waals surface area contributed by atoms with Gasteiger partial charge in [0.05, 0.1) is 13.2 Å². The van der Waals surface area contributed by atoms with Crippen molar-refractivity contribution >= 4 is 11.9 Å². The number of esters is 2. The zero-order chi connectivity index (χ0) is 13.0. The Hall–Kier alpha value is -1.36. The summed E-state index contributed by atoms with van der Waals surface area (Å²) >= 11 is 0. The number of ether oxygens (including phenoxy) is 2. The SMILES string of the molecule is CCOC(=O)C12CC=CCCN1CCCOC2=O. The van der Waals surface area contributed by atoms with Crippen LogP contribution in [0.5, 0.6) is 0 Å². The zero-order valence-electron chi connectivity index (χ0n) is 10.7. The highest BCUT2D eigenvalue weighted by Gasteiger charge is 2.54. The van der Waals surface area contributed by atoms with Gasteiger partial charge >= 0.3 is 11.9 Å². The molecule has 18 heavy (non-hydrogen) atoms. The highest BCUT2D eigenvalue weighted by atomic mass is 16.6. The lowest BCUT2D eigenvalue weighted by molar-refractivity contribution is -0.172. The van der Waals surface area contributed by atoms with E-state index in [1.54, 1.807) is 6.92 Å². The molecule has 2 rings (SSSR count). The van der Waals surface area contributed by atoms with Crippen molar-refractivity contribution in [2.75, 3.05) is 26.3 Å². The van der Waals surface area contributed by atoms with E-state index in [4.69, 9.17) is 9.47 Å². The molecule has 0 aromatic carbocycles. The van der Waals surface area contributed by atoms with Crippen LogP contribution in [0.25, 0.3) is 0 Å². The van der Waals surface area contributed by atoms with Gasteiger partial charge in [-0.2, -0.15) is 0 Å². The van der Waals surface area contributed by atoms with E-state index in [1.807, 2.05) is 17.1 Å². The van der Waals surface area contributed by atoms with Crippen molar-refractivity contribution in [3.63, 3.8) is 0 Å². The second-order valence-corrected chi connectivity index (χ2v) is 4.52. The summed E-state index contributed by atoms with van der Waals surface area (Å²) in [7, 11) is 0. The van der Waals surface area contributed by atoms with Crippen molar-refractivity contribution in [3.8, 4) is 0 Å². The van der Waals surface area contributed by atoms with Crippen LogP contribution in [0.2, 0.25) is 0 Å². The highest BCUT2D eigenvalue weighted by Crippen LogP contribution is 2.29. The number of cyclic esters (lactones) is 1. The fraction of sp³-hybridized carbons (Fsp3) is 0.692. The van der Waals surface area contributed by atoms with Crippen molar-refractivity contribution in [1.29, 1.82) is 0 Å². The van der Waals surface area contributed by atoms with Crippen LogP contribution in [0.3, 0.4) is 0 Å². The molecule has 5 nitrogen and oxygen atoms in total. The van der Waals surface area contributed by atoms with Crippen molar-refractivity contribution in [3.05, 3.63) is 12.2 Å². The molecule has 0 N–H and O–H groups in total. The third kappa shape index (κ3) is 2.14. The van der Waals surface area contributed by atoms with Crippen molar-refractivity contribution in [2.45, 2.75) is 31.7 Å². The molecule has 0 aromatic rings. The van der Waals surface area contributed by atoms with Crippen LogP contribution in [0, 0.1) is 0 Å². The third-order valence-electron chi connectivity index (χ3n) is 3.44. The van der Waals surface area contributed by atoms with Crippen LogP contribution < -0.4 is 0 Å². The number of fused-ring (bicyclic) bond motifs is 1. The second kappa shape index (κ2) is 5.52. The van der Waals surface area contributed by atoms with E-state index in [-0.39, 0.29) is 6.61 Å². The van der Waals surface area contributed by atoms with Gasteiger partial charge < -0.3 is 9.47 Å². The second-order valence-electron chi connectivity index (χ2n) is 4.52. The summed E-state index contributed by atoms with van der Waals surface area (Å²) in [4.78, 5) is 26.4. The summed E-state index contributed by atoms with van der Waals surface area (Å²) in [5.41, 5.74) is -1.26. The Kier molecular flexibility index (Phi) is 4.01. The molecule has 0 radical (unpaired) electrons. The molecule has 0 aliphatic carbocycles.